The van der Waals surface area contributed by atoms with Gasteiger partial charge in [-0.05, 0) is 44.5 Å². The van der Waals surface area contributed by atoms with E-state index in [1.54, 1.807) is 44.3 Å². The summed E-state index contributed by atoms with van der Waals surface area (Å²) in [4.78, 5) is 29.8. The van der Waals surface area contributed by atoms with Crippen LogP contribution in [0.1, 0.15) is 18.2 Å². The molecule has 3 aromatic rings. The zero-order valence-corrected chi connectivity index (χ0v) is 15.7. The second kappa shape index (κ2) is 6.88. The zero-order valence-electron chi connectivity index (χ0n) is 15.7. The molecule has 2 aromatic heterocycles. The molecule has 0 saturated carbocycles. The van der Waals surface area contributed by atoms with Crippen LogP contribution in [-0.4, -0.2) is 28.2 Å². The van der Waals surface area contributed by atoms with Crippen LogP contribution in [0.3, 0.4) is 0 Å². The molecule has 1 aromatic carbocycles. The van der Waals surface area contributed by atoms with E-state index in [2.05, 4.69) is 10.3 Å². The fraction of sp³-hybridized carbons (Fsp3) is 0.250. The maximum absolute atomic E-state index is 12.8. The molecule has 0 aliphatic carbocycles. The summed E-state index contributed by atoms with van der Waals surface area (Å²) in [6.07, 6.45) is 0.851. The number of amides is 1. The number of ether oxygens (including phenoxy) is 3. The highest BCUT2D eigenvalue weighted by Crippen LogP contribution is 2.35. The van der Waals surface area contributed by atoms with E-state index in [4.69, 9.17) is 14.2 Å². The van der Waals surface area contributed by atoms with Gasteiger partial charge in [0.25, 0.3) is 11.5 Å². The topological polar surface area (TPSA) is 91.2 Å². The monoisotopic (exact) mass is 381 g/mol. The normalized spacial score (nSPS) is 13.4. The number of carbonyl (C=O) groups excluding carboxylic acids is 1. The van der Waals surface area contributed by atoms with Crippen LogP contribution < -0.4 is 25.1 Å². The summed E-state index contributed by atoms with van der Waals surface area (Å²) in [5.74, 6) is 1.21. The van der Waals surface area contributed by atoms with Crippen molar-refractivity contribution in [1.29, 1.82) is 0 Å². The summed E-state index contributed by atoms with van der Waals surface area (Å²) in [6, 6.07) is 8.71. The number of aromatic nitrogens is 2. The van der Waals surface area contributed by atoms with E-state index in [9.17, 15) is 9.59 Å². The smallest absolute Gasteiger partial charge is 0.281 e. The Bertz CT molecular complexity index is 1140. The van der Waals surface area contributed by atoms with Crippen LogP contribution >= 0.6 is 0 Å². The van der Waals surface area contributed by atoms with Crippen molar-refractivity contribution in [1.82, 2.24) is 9.38 Å². The van der Waals surface area contributed by atoms with Gasteiger partial charge < -0.3 is 19.5 Å². The Morgan fingerprint density at radius 1 is 1.21 bits per heavy atom. The van der Waals surface area contributed by atoms with Gasteiger partial charge in [-0.2, -0.15) is 0 Å². The van der Waals surface area contributed by atoms with Gasteiger partial charge in [0.05, 0.1) is 5.69 Å². The number of benzene rings is 1. The lowest BCUT2D eigenvalue weighted by molar-refractivity contribution is -0.122. The number of rotatable bonds is 4. The van der Waals surface area contributed by atoms with E-state index in [1.165, 1.54) is 4.40 Å². The summed E-state index contributed by atoms with van der Waals surface area (Å²) in [7, 11) is 0. The van der Waals surface area contributed by atoms with Gasteiger partial charge in [0.15, 0.2) is 17.6 Å². The predicted molar refractivity (Wildman–Crippen MR) is 102 cm³/mol. The molecule has 0 fully saturated rings. The van der Waals surface area contributed by atoms with Crippen molar-refractivity contribution >= 4 is 17.2 Å². The number of carbonyl (C=O) groups is 1. The lowest BCUT2D eigenvalue weighted by Crippen LogP contribution is -2.33. The molecule has 1 aliphatic rings. The molecular weight excluding hydrogens is 362 g/mol. The molecule has 0 bridgehead atoms. The Morgan fingerprint density at radius 3 is 2.82 bits per heavy atom. The third kappa shape index (κ3) is 3.24. The van der Waals surface area contributed by atoms with Gasteiger partial charge >= 0.3 is 0 Å². The molecule has 28 heavy (non-hydrogen) atoms. The highest BCUT2D eigenvalue weighted by Gasteiger charge is 2.20. The van der Waals surface area contributed by atoms with Gasteiger partial charge in [0.2, 0.25) is 6.79 Å². The quantitative estimate of drug-likeness (QED) is 0.746. The van der Waals surface area contributed by atoms with E-state index in [-0.39, 0.29) is 18.0 Å². The Kier molecular flexibility index (Phi) is 4.38. The zero-order chi connectivity index (χ0) is 19.8. The summed E-state index contributed by atoms with van der Waals surface area (Å²) < 4.78 is 17.7. The molecule has 3 heterocycles. The van der Waals surface area contributed by atoms with Crippen LogP contribution in [0, 0.1) is 13.8 Å². The van der Waals surface area contributed by atoms with Crippen molar-refractivity contribution in [3.63, 3.8) is 0 Å². The molecule has 4 rings (SSSR count). The first-order valence-corrected chi connectivity index (χ1v) is 8.79. The maximum atomic E-state index is 12.8. The molecule has 1 aliphatic heterocycles. The van der Waals surface area contributed by atoms with Crippen molar-refractivity contribution < 1.29 is 19.0 Å². The molecule has 0 radical (unpaired) electrons. The van der Waals surface area contributed by atoms with E-state index in [1.807, 2.05) is 13.0 Å². The average Bonchev–Trinajstić information content (AvgIpc) is 3.13. The minimum atomic E-state index is -0.836. The lowest BCUT2D eigenvalue weighted by Gasteiger charge is -2.16. The minimum Gasteiger partial charge on any atom is -0.481 e. The lowest BCUT2D eigenvalue weighted by atomic mass is 10.2. The first-order valence-electron chi connectivity index (χ1n) is 8.79. The number of fused-ring (bicyclic) bond motifs is 2. The number of anilines is 1. The van der Waals surface area contributed by atoms with Gasteiger partial charge in [0, 0.05) is 12.3 Å². The summed E-state index contributed by atoms with van der Waals surface area (Å²) in [6.45, 7) is 5.32. The van der Waals surface area contributed by atoms with E-state index >= 15 is 0 Å². The molecule has 144 valence electrons. The molecule has 0 spiro atoms. The summed E-state index contributed by atoms with van der Waals surface area (Å²) in [5, 5.41) is 2.65. The van der Waals surface area contributed by atoms with Crippen LogP contribution in [-0.2, 0) is 4.79 Å². The molecule has 8 heteroatoms. The molecule has 8 nitrogen and oxygen atoms in total. The molecule has 0 unspecified atom stereocenters. The summed E-state index contributed by atoms with van der Waals surface area (Å²) >= 11 is 0. The van der Waals surface area contributed by atoms with Gasteiger partial charge in [-0.1, -0.05) is 6.07 Å². The second-order valence-electron chi connectivity index (χ2n) is 6.58. The number of aryl methyl sites for hydroxylation is 2. The van der Waals surface area contributed by atoms with Crippen LogP contribution in [0.2, 0.25) is 0 Å². The van der Waals surface area contributed by atoms with Crippen LogP contribution in [0.15, 0.2) is 41.3 Å². The van der Waals surface area contributed by atoms with Crippen molar-refractivity contribution in [3.05, 3.63) is 58.1 Å². The van der Waals surface area contributed by atoms with Gasteiger partial charge in [-0.3, -0.25) is 14.0 Å². The molecular formula is C20H19N3O5. The SMILES string of the molecule is Cc1ccc2nc(C)c(NC(=O)[C@@H](C)Oc3ccc4c(c3)OCO4)c(=O)n2c1. The Morgan fingerprint density at radius 2 is 2.00 bits per heavy atom. The van der Waals surface area contributed by atoms with Crippen LogP contribution in [0.5, 0.6) is 17.2 Å². The Labute approximate surface area is 160 Å². The first-order chi connectivity index (χ1) is 13.4. The highest BCUT2D eigenvalue weighted by atomic mass is 16.7. The molecule has 1 atom stereocenters. The predicted octanol–water partition coefficient (Wildman–Crippen LogP) is 2.45. The largest absolute Gasteiger partial charge is 0.481 e. The number of hydrogen-bond donors (Lipinski definition) is 1. The Balaban J connectivity index is 1.55. The van der Waals surface area contributed by atoms with Crippen molar-refractivity contribution in [2.45, 2.75) is 26.9 Å². The second-order valence-corrected chi connectivity index (χ2v) is 6.58. The Hall–Kier alpha value is -3.55. The fourth-order valence-corrected chi connectivity index (χ4v) is 2.93. The third-order valence-electron chi connectivity index (χ3n) is 4.43. The standard InChI is InChI=1S/C20H19N3O5/c1-11-4-7-17-21-12(2)18(20(25)23(17)9-11)22-19(24)13(3)28-14-5-6-15-16(8-14)27-10-26-15/h4-9,13H,10H2,1-3H3,(H,22,24)/t13-/m1/s1. The van der Waals surface area contributed by atoms with Gasteiger partial charge in [-0.15, -0.1) is 0 Å². The van der Waals surface area contributed by atoms with E-state index in [0.717, 1.165) is 5.56 Å². The number of pyridine rings is 1. The van der Waals surface area contributed by atoms with Crippen LogP contribution in [0.25, 0.3) is 5.65 Å². The van der Waals surface area contributed by atoms with Crippen molar-refractivity contribution in [2.75, 3.05) is 12.1 Å². The minimum absolute atomic E-state index is 0.134. The van der Waals surface area contributed by atoms with Gasteiger partial charge in [-0.25, -0.2) is 4.98 Å². The van der Waals surface area contributed by atoms with Gasteiger partial charge in [0.1, 0.15) is 17.1 Å². The third-order valence-corrected chi connectivity index (χ3v) is 4.43. The van der Waals surface area contributed by atoms with E-state index in [0.29, 0.717) is 28.6 Å². The summed E-state index contributed by atoms with van der Waals surface area (Å²) in [5.41, 5.74) is 1.68. The number of nitrogens with zero attached hydrogens (tertiary/aromatic N) is 2. The number of nitrogens with one attached hydrogen (secondary N) is 1. The maximum Gasteiger partial charge on any atom is 0.281 e. The molecule has 1 amide bonds. The molecule has 1 N–H and O–H groups in total. The van der Waals surface area contributed by atoms with E-state index < -0.39 is 12.0 Å². The average molecular weight is 381 g/mol. The van der Waals surface area contributed by atoms with Crippen molar-refractivity contribution in [3.8, 4) is 17.2 Å². The highest BCUT2D eigenvalue weighted by molar-refractivity contribution is 5.94. The molecule has 0 saturated heterocycles. The first kappa shape index (κ1) is 17.8. The van der Waals surface area contributed by atoms with Crippen LogP contribution in [0.4, 0.5) is 5.69 Å². The fourth-order valence-electron chi connectivity index (χ4n) is 2.93. The van der Waals surface area contributed by atoms with Crippen molar-refractivity contribution in [2.24, 2.45) is 0 Å². The number of hydrogen-bond acceptors (Lipinski definition) is 6.